The van der Waals surface area contributed by atoms with E-state index in [1.165, 1.54) is 125 Å². The van der Waals surface area contributed by atoms with Crippen LogP contribution in [0.5, 0.6) is 0 Å². The normalized spacial score (nSPS) is 12.1. The number of pyridine rings is 4. The molecule has 0 fully saturated rings. The molecule has 0 aliphatic carbocycles. The second-order valence-corrected chi connectivity index (χ2v) is 52.6. The van der Waals surface area contributed by atoms with Crippen molar-refractivity contribution in [2.75, 3.05) is 0 Å². The number of aromatic nitrogens is 4. The third kappa shape index (κ3) is 19.2. The summed E-state index contributed by atoms with van der Waals surface area (Å²) in [5.41, 5.74) is 27.7. The first-order chi connectivity index (χ1) is 41.4. The van der Waals surface area contributed by atoms with Crippen LogP contribution in [0.25, 0.3) is 45.0 Å². The van der Waals surface area contributed by atoms with Gasteiger partial charge >= 0.3 is 0 Å². The van der Waals surface area contributed by atoms with Crippen LogP contribution >= 0.6 is 0 Å². The van der Waals surface area contributed by atoms with Gasteiger partial charge in [-0.05, 0) is 184 Å². The molecule has 0 saturated heterocycles. The molecule has 0 unspecified atom stereocenters. The van der Waals surface area contributed by atoms with Crippen molar-refractivity contribution in [3.63, 3.8) is 0 Å². The van der Waals surface area contributed by atoms with Crippen LogP contribution in [0.1, 0.15) is 134 Å². The van der Waals surface area contributed by atoms with Crippen LogP contribution in [-0.2, 0) is 40.0 Å². The van der Waals surface area contributed by atoms with Crippen LogP contribution in [0.3, 0.4) is 0 Å². The molecule has 0 spiro atoms. The van der Waals surface area contributed by atoms with Gasteiger partial charge in [-0.25, -0.2) is 18.3 Å². The van der Waals surface area contributed by atoms with Crippen molar-refractivity contribution < 1.29 is 18.3 Å². The summed E-state index contributed by atoms with van der Waals surface area (Å²) in [4.78, 5) is 0. The Morgan fingerprint density at radius 1 is 0.356 bits per heavy atom. The van der Waals surface area contributed by atoms with E-state index in [9.17, 15) is 0 Å². The van der Waals surface area contributed by atoms with Crippen LogP contribution in [0, 0.1) is 68.2 Å². The van der Waals surface area contributed by atoms with Gasteiger partial charge in [-0.3, -0.25) is 0 Å². The zero-order chi connectivity index (χ0) is 68.1. The minimum absolute atomic E-state index is 0.175. The van der Waals surface area contributed by atoms with Crippen molar-refractivity contribution in [2.24, 2.45) is 34.1 Å². The molecular formula is C82H124N4Si4+4. The highest BCUT2D eigenvalue weighted by atomic mass is 28.3. The number of nitrogens with zero attached hydrogens (tertiary/aromatic N) is 4. The van der Waals surface area contributed by atoms with Gasteiger partial charge in [-0.2, -0.15) is 0 Å². The van der Waals surface area contributed by atoms with E-state index in [0.29, 0.717) is 11.8 Å². The predicted octanol–water partition coefficient (Wildman–Crippen LogP) is 18.1. The first kappa shape index (κ1) is 75.1. The van der Waals surface area contributed by atoms with Crippen molar-refractivity contribution in [1.82, 2.24) is 0 Å². The average molecular weight is 1280 g/mol. The Balaban J connectivity index is 0.000000219. The van der Waals surface area contributed by atoms with Crippen molar-refractivity contribution in [3.05, 3.63) is 189 Å². The molecule has 4 aromatic heterocycles. The first-order valence-electron chi connectivity index (χ1n) is 33.8. The molecule has 0 bridgehead atoms. The molecule has 0 N–H and O–H groups in total. The van der Waals surface area contributed by atoms with Crippen molar-refractivity contribution in [3.8, 4) is 45.0 Å². The summed E-state index contributed by atoms with van der Waals surface area (Å²) in [5, 5.41) is 6.21. The van der Waals surface area contributed by atoms with Crippen LogP contribution in [0.2, 0.25) is 78.6 Å². The summed E-state index contributed by atoms with van der Waals surface area (Å²) in [5.74, 6) is 1.35. The van der Waals surface area contributed by atoms with E-state index in [-0.39, 0.29) is 5.41 Å². The number of aryl methyl sites for hydroxylation is 13. The fraction of sp³-hybridized carbons (Fsp3) is 0.463. The lowest BCUT2D eigenvalue weighted by atomic mass is 9.85. The maximum Gasteiger partial charge on any atom is 0.212 e. The Kier molecular flexibility index (Phi) is 25.0. The Hall–Kier alpha value is -5.65. The van der Waals surface area contributed by atoms with Gasteiger partial charge in [0.2, 0.25) is 22.8 Å². The monoisotopic (exact) mass is 1280 g/mol. The number of hydrogen-bond donors (Lipinski definition) is 0. The first-order valence-corrected chi connectivity index (χ1v) is 47.8. The lowest BCUT2D eigenvalue weighted by Gasteiger charge is -2.21. The van der Waals surface area contributed by atoms with E-state index < -0.39 is 32.3 Å². The molecule has 8 aromatic rings. The summed E-state index contributed by atoms with van der Waals surface area (Å²) >= 11 is 0. The third-order valence-corrected chi connectivity index (χ3v) is 27.0. The van der Waals surface area contributed by atoms with Gasteiger partial charge in [-0.15, -0.1) is 0 Å². The maximum absolute atomic E-state index is 2.43. The van der Waals surface area contributed by atoms with Gasteiger partial charge in [0.05, 0.1) is 32.3 Å². The second-order valence-electron chi connectivity index (χ2n) is 32.4. The summed E-state index contributed by atoms with van der Waals surface area (Å²) in [6, 6.07) is 37.1. The molecule has 90 heavy (non-hydrogen) atoms. The molecule has 484 valence electrons. The molecule has 0 amide bonds. The fourth-order valence-corrected chi connectivity index (χ4v) is 20.5. The molecule has 0 aliphatic heterocycles. The predicted molar refractivity (Wildman–Crippen MR) is 407 cm³/mol. The van der Waals surface area contributed by atoms with E-state index >= 15 is 0 Å². The number of hydrogen-bond acceptors (Lipinski definition) is 0. The molecule has 4 aromatic carbocycles. The zero-order valence-electron chi connectivity index (χ0n) is 63.1. The van der Waals surface area contributed by atoms with Gasteiger partial charge in [0.25, 0.3) is 0 Å². The number of benzene rings is 4. The van der Waals surface area contributed by atoms with E-state index in [0.717, 1.165) is 6.42 Å². The molecule has 0 aliphatic rings. The molecule has 8 heteroatoms. The van der Waals surface area contributed by atoms with Crippen molar-refractivity contribution in [1.29, 1.82) is 0 Å². The van der Waals surface area contributed by atoms with Gasteiger partial charge in [0.1, 0.15) is 28.2 Å². The molecule has 4 nitrogen and oxygen atoms in total. The third-order valence-electron chi connectivity index (χ3n) is 18.4. The van der Waals surface area contributed by atoms with E-state index in [1.807, 2.05) is 0 Å². The van der Waals surface area contributed by atoms with E-state index in [4.69, 9.17) is 0 Å². The molecule has 4 heterocycles. The molecule has 8 rings (SSSR count). The smallest absolute Gasteiger partial charge is 0.201 e. The summed E-state index contributed by atoms with van der Waals surface area (Å²) in [6.45, 7) is 65.1. The second kappa shape index (κ2) is 30.0. The zero-order valence-corrected chi connectivity index (χ0v) is 67.1. The Morgan fingerprint density at radius 2 is 0.689 bits per heavy atom. The van der Waals surface area contributed by atoms with E-state index in [2.05, 4.69) is 358 Å². The van der Waals surface area contributed by atoms with Crippen molar-refractivity contribution in [2.45, 2.75) is 220 Å². The lowest BCUT2D eigenvalue weighted by Crippen LogP contribution is -2.46. The molecule has 0 radical (unpaired) electrons. The standard InChI is InChI=1S/C22H34NSi.2C21H32NSi.C18H26NSi/c1-9-18(10-2)19-12-11-16(3)20(14-19)21-13-17(4)22(15-23(21)5)24(6,7)8;1-15-10-11-17(21(3,4)5)13-18(15)19-12-16(2)20(14-22(19)6)23(7,8)9;1-15(2)11-18-10-9-16(3)19(13-18)20-12-17(4)21(14-22(20)5)23(6,7)8;1-13-8-9-16(14(2)10-13)17-11-15(3)18(12-19(17)4)20(5,6)7/h11-15,18H,9-10H2,1-8H3;10-14H,1-9H3;9-10,12-15H,11H2,1-8H3;8-12H,1-7H3/q4*+1. The lowest BCUT2D eigenvalue weighted by molar-refractivity contribution is -0.659. The van der Waals surface area contributed by atoms with Gasteiger partial charge in [0.15, 0.2) is 24.8 Å². The van der Waals surface area contributed by atoms with Crippen LogP contribution in [-0.4, -0.2) is 32.3 Å². The Morgan fingerprint density at radius 3 is 1.02 bits per heavy atom. The number of rotatable bonds is 13. The quantitative estimate of drug-likeness (QED) is 0.0808. The van der Waals surface area contributed by atoms with Crippen molar-refractivity contribution >= 4 is 53.0 Å². The summed E-state index contributed by atoms with van der Waals surface area (Å²) < 4.78 is 9.26. The highest BCUT2D eigenvalue weighted by Gasteiger charge is 2.30. The SMILES string of the molecule is CCC(CC)c1ccc(C)c(-c2cc(C)c([Si](C)(C)C)c[n+]2C)c1.Cc1ccc(-c2cc(C)c([Si](C)(C)C)c[n+]2C)c(C)c1.Cc1ccc(C(C)(C)C)cc1-c1cc(C)c([Si](C)(C)C)c[n+]1C.Cc1ccc(CC(C)C)cc1-c1cc(C)c([Si](C)(C)C)c[n+]1C. The minimum atomic E-state index is -1.31. The largest absolute Gasteiger partial charge is 0.212 e. The van der Waals surface area contributed by atoms with Gasteiger partial charge in [0, 0.05) is 67.3 Å². The molecular weight excluding hydrogens is 1150 g/mol. The van der Waals surface area contributed by atoms with E-state index in [1.54, 1.807) is 20.7 Å². The van der Waals surface area contributed by atoms with Crippen LogP contribution in [0.15, 0.2) is 122 Å². The highest BCUT2D eigenvalue weighted by molar-refractivity contribution is 6.90. The minimum Gasteiger partial charge on any atom is -0.201 e. The Labute approximate surface area is 555 Å². The van der Waals surface area contributed by atoms with Crippen LogP contribution < -0.4 is 39.0 Å². The van der Waals surface area contributed by atoms with Gasteiger partial charge in [-0.1, -0.05) is 181 Å². The Bertz CT molecular complexity index is 3810. The van der Waals surface area contributed by atoms with Crippen LogP contribution in [0.4, 0.5) is 0 Å². The van der Waals surface area contributed by atoms with Gasteiger partial charge < -0.3 is 0 Å². The fourth-order valence-electron chi connectivity index (χ4n) is 13.1. The average Bonchev–Trinajstić information content (AvgIpc) is 0.834. The summed E-state index contributed by atoms with van der Waals surface area (Å²) in [6.07, 6.45) is 13.0. The maximum atomic E-state index is 2.43. The highest BCUT2D eigenvalue weighted by Crippen LogP contribution is 2.32. The topological polar surface area (TPSA) is 15.5 Å². The summed E-state index contributed by atoms with van der Waals surface area (Å²) in [7, 11) is 3.54. The molecule has 0 saturated carbocycles. The molecule has 0 atom stereocenters.